The van der Waals surface area contributed by atoms with Gasteiger partial charge in [0.1, 0.15) is 0 Å². The van der Waals surface area contributed by atoms with Gasteiger partial charge in [-0.15, -0.1) is 0 Å². The molecule has 0 bridgehead atoms. The number of hydrogen-bond donors (Lipinski definition) is 1. The van der Waals surface area contributed by atoms with Crippen LogP contribution in [0, 0.1) is 35.5 Å². The highest BCUT2D eigenvalue weighted by molar-refractivity contribution is 6.62. The third kappa shape index (κ3) is 21.8. The molecule has 0 saturated carbocycles. The van der Waals surface area contributed by atoms with E-state index in [0.29, 0.717) is 148 Å². The number of piperidine rings is 3. The Morgan fingerprint density at radius 2 is 0.585 bits per heavy atom. The van der Waals surface area contributed by atoms with Gasteiger partial charge in [-0.25, -0.2) is 9.59 Å². The Kier molecular flexibility index (Phi) is 30.2. The van der Waals surface area contributed by atoms with Crippen LogP contribution in [0.15, 0.2) is 109 Å². The van der Waals surface area contributed by atoms with E-state index >= 15 is 0 Å². The largest absolute Gasteiger partial charge is 0.504 e. The lowest BCUT2D eigenvalue weighted by atomic mass is 9.85. The standard InChI is InChI=1S/2C27H33NO7.C21H24O6.C6H10ClNO/c2*1-31-22-9-7-18(15-24(22)32-2)13-20-17-34-26(29)21(20)14-19-8-10-23(25(16-19)33-3)35-27(30)28-11-5-4-6-12-28;1-24-18-7-5-13(11-20(18)26-3)8-15-12-27-21(23)16(15)9-14-4-6-17(22)19(10-14)25-2;7-6(9)8-4-2-1-3-5-8/h2*7-10,15-16,20-21H,4-6,11-14,17H2,1-3H3;4-7,10-11,15-16,22H,8-9,12H2,1-3H3;1-5H2/t2*20-,21+;15-,16+;/m000./s1. The molecule has 6 heterocycles. The van der Waals surface area contributed by atoms with Crippen LogP contribution >= 0.6 is 11.6 Å². The highest BCUT2D eigenvalue weighted by Crippen LogP contribution is 2.40. The third-order valence-corrected chi connectivity index (χ3v) is 20.3. The van der Waals surface area contributed by atoms with Crippen molar-refractivity contribution in [2.24, 2.45) is 35.5 Å². The third-order valence-electron chi connectivity index (χ3n) is 20.1. The first-order valence-electron chi connectivity index (χ1n) is 36.1. The quantitative estimate of drug-likeness (QED) is 0.0270. The minimum Gasteiger partial charge on any atom is -0.504 e. The van der Waals surface area contributed by atoms with Gasteiger partial charge in [0, 0.05) is 57.0 Å². The molecule has 0 radical (unpaired) electrons. The minimum atomic E-state index is -0.356. The maximum absolute atomic E-state index is 12.6. The van der Waals surface area contributed by atoms with Crippen LogP contribution in [0.4, 0.5) is 14.4 Å². The topological polar surface area (TPSA) is 262 Å². The number of likely N-dealkylation sites (tertiary alicyclic amines) is 3. The smallest absolute Gasteiger partial charge is 0.415 e. The number of benzene rings is 6. The second kappa shape index (κ2) is 39.9. The number of phenolic OH excluding ortho intramolecular Hbond substituents is 1. The monoisotopic (exact) mass is 1490 g/mol. The fourth-order valence-electron chi connectivity index (χ4n) is 14.1. The van der Waals surface area contributed by atoms with Crippen LogP contribution in [0.25, 0.3) is 0 Å². The molecule has 6 aliphatic heterocycles. The van der Waals surface area contributed by atoms with E-state index < -0.39 is 0 Å². The molecule has 1 N–H and O–H groups in total. The van der Waals surface area contributed by atoms with Gasteiger partial charge >= 0.3 is 35.5 Å². The van der Waals surface area contributed by atoms with Crippen molar-refractivity contribution in [1.82, 2.24) is 14.7 Å². The van der Waals surface area contributed by atoms with Gasteiger partial charge in [0.2, 0.25) is 0 Å². The number of ether oxygens (including phenoxy) is 14. The first-order chi connectivity index (χ1) is 51.4. The molecule has 0 aliphatic carbocycles. The summed E-state index contributed by atoms with van der Waals surface area (Å²) >= 11 is 5.24. The number of carbonyl (C=O) groups excluding carboxylic acids is 6. The molecular formula is C81H100ClN3O21. The number of aromatic hydroxyl groups is 1. The Morgan fingerprint density at radius 3 is 0.858 bits per heavy atom. The number of carbonyl (C=O) groups is 6. The molecule has 6 fully saturated rings. The normalized spacial score (nSPS) is 19.5. The van der Waals surface area contributed by atoms with Gasteiger partial charge in [0.05, 0.1) is 102 Å². The number of phenols is 1. The molecule has 6 saturated heterocycles. The van der Waals surface area contributed by atoms with Crippen LogP contribution < -0.4 is 52.1 Å². The number of hydrogen-bond acceptors (Lipinski definition) is 21. The van der Waals surface area contributed by atoms with E-state index in [0.717, 1.165) is 97.8 Å². The minimum absolute atomic E-state index is 0.0307. The molecule has 6 aromatic rings. The van der Waals surface area contributed by atoms with Crippen molar-refractivity contribution in [3.05, 3.63) is 143 Å². The highest BCUT2D eigenvalue weighted by atomic mass is 35.5. The fraction of sp³-hybridized carbons (Fsp3) is 0.481. The van der Waals surface area contributed by atoms with E-state index in [1.165, 1.54) is 13.5 Å². The van der Waals surface area contributed by atoms with Crippen LogP contribution in [0.1, 0.15) is 91.2 Å². The Bertz CT molecular complexity index is 3760. The van der Waals surface area contributed by atoms with Crippen molar-refractivity contribution in [3.8, 4) is 69.0 Å². The van der Waals surface area contributed by atoms with Gasteiger partial charge < -0.3 is 86.1 Å². The summed E-state index contributed by atoms with van der Waals surface area (Å²) in [7, 11) is 14.2. The summed E-state index contributed by atoms with van der Waals surface area (Å²) in [4.78, 5) is 78.1. The van der Waals surface area contributed by atoms with Gasteiger partial charge in [-0.1, -0.05) is 36.4 Å². The molecule has 572 valence electrons. The van der Waals surface area contributed by atoms with Crippen LogP contribution in [-0.2, 0) is 67.1 Å². The lowest BCUT2D eigenvalue weighted by Crippen LogP contribution is -2.37. The van der Waals surface area contributed by atoms with E-state index in [4.69, 9.17) is 77.9 Å². The van der Waals surface area contributed by atoms with Crippen LogP contribution in [0.3, 0.4) is 0 Å². The lowest BCUT2D eigenvalue weighted by molar-refractivity contribution is -0.142. The van der Waals surface area contributed by atoms with Gasteiger partial charge in [0.25, 0.3) is 0 Å². The summed E-state index contributed by atoms with van der Waals surface area (Å²) in [6, 6.07) is 33.4. The molecule has 6 aliphatic rings. The van der Waals surface area contributed by atoms with Crippen LogP contribution in [0.5, 0.6) is 69.0 Å². The Hall–Kier alpha value is -9.97. The number of esters is 3. The molecule has 106 heavy (non-hydrogen) atoms. The molecule has 6 aromatic carbocycles. The molecule has 0 aromatic heterocycles. The molecular weight excluding hydrogens is 1390 g/mol. The number of cyclic esters (lactones) is 3. The maximum Gasteiger partial charge on any atom is 0.415 e. The van der Waals surface area contributed by atoms with Gasteiger partial charge in [-0.2, -0.15) is 0 Å². The molecule has 3 amide bonds. The zero-order valence-electron chi connectivity index (χ0n) is 62.2. The van der Waals surface area contributed by atoms with E-state index in [9.17, 15) is 33.9 Å². The summed E-state index contributed by atoms with van der Waals surface area (Å²) in [5, 5.41) is 9.45. The zero-order valence-corrected chi connectivity index (χ0v) is 62.9. The summed E-state index contributed by atoms with van der Waals surface area (Å²) in [6.07, 6.45) is 12.6. The van der Waals surface area contributed by atoms with Crippen molar-refractivity contribution in [3.63, 3.8) is 0 Å². The Morgan fingerprint density at radius 1 is 0.340 bits per heavy atom. The van der Waals surface area contributed by atoms with E-state index in [-0.39, 0.29) is 76.7 Å². The summed E-state index contributed by atoms with van der Waals surface area (Å²) in [5.41, 5.74) is 5.92. The number of halogens is 1. The molecule has 0 unspecified atom stereocenters. The first-order valence-corrected chi connectivity index (χ1v) is 36.5. The predicted octanol–water partition coefficient (Wildman–Crippen LogP) is 13.4. The fourth-order valence-corrected chi connectivity index (χ4v) is 14.3. The number of amides is 3. The second-order valence-corrected chi connectivity index (χ2v) is 27.2. The maximum atomic E-state index is 12.6. The molecule has 25 heteroatoms. The van der Waals surface area contributed by atoms with Crippen LogP contribution in [0.2, 0.25) is 0 Å². The van der Waals surface area contributed by atoms with Crippen molar-refractivity contribution in [2.45, 2.75) is 96.3 Å². The van der Waals surface area contributed by atoms with Crippen molar-refractivity contribution < 1.29 is 100 Å². The Balaban J connectivity index is 0.000000174. The van der Waals surface area contributed by atoms with Crippen molar-refractivity contribution in [1.29, 1.82) is 0 Å². The molecule has 24 nitrogen and oxygen atoms in total. The average molecular weight is 1490 g/mol. The number of methoxy groups -OCH3 is 9. The summed E-state index contributed by atoms with van der Waals surface area (Å²) < 4.78 is 75.6. The zero-order chi connectivity index (χ0) is 75.7. The first kappa shape index (κ1) is 80.1. The highest BCUT2D eigenvalue weighted by Gasteiger charge is 2.40. The second-order valence-electron chi connectivity index (χ2n) is 26.9. The molecule has 12 rings (SSSR count). The summed E-state index contributed by atoms with van der Waals surface area (Å²) in [5.74, 6) is 4.89. The van der Waals surface area contributed by atoms with E-state index in [2.05, 4.69) is 0 Å². The van der Waals surface area contributed by atoms with Crippen molar-refractivity contribution >= 4 is 47.1 Å². The SMILES string of the molecule is COc1cc(C[C@H]2C(=O)OC[C@@H]2Cc2ccc(OC)c(OC)c2)ccc1O.COc1ccc(C[C@H]2COC(=O)[C@@H]2Cc2ccc(OC(=O)N3CCCCC3)c(OC)c2)cc1OC.COc1ccc(C[C@H]2COC(=O)[C@@H]2Cc2ccc(OC(=O)N3CCCCC3)c(OC)c2)cc1OC.O=C(Cl)N1CCCCC1. The summed E-state index contributed by atoms with van der Waals surface area (Å²) in [6.45, 7) is 5.70. The van der Waals surface area contributed by atoms with Gasteiger partial charge in [-0.3, -0.25) is 19.2 Å². The number of nitrogens with zero attached hydrogens (tertiary/aromatic N) is 3. The number of rotatable bonds is 23. The predicted molar refractivity (Wildman–Crippen MR) is 395 cm³/mol. The Labute approximate surface area is 625 Å². The average Bonchev–Trinajstić information content (AvgIpc) is 1.71. The van der Waals surface area contributed by atoms with Crippen LogP contribution in [-0.4, -0.2) is 178 Å². The molecule has 0 spiro atoms. The lowest BCUT2D eigenvalue weighted by Gasteiger charge is -2.26. The van der Waals surface area contributed by atoms with E-state index in [1.54, 1.807) is 102 Å². The van der Waals surface area contributed by atoms with E-state index in [1.807, 2.05) is 78.9 Å². The van der Waals surface area contributed by atoms with Gasteiger partial charge in [-0.05, 0) is 214 Å². The van der Waals surface area contributed by atoms with Crippen molar-refractivity contribution in [2.75, 3.05) is 123 Å². The molecule has 6 atom stereocenters. The van der Waals surface area contributed by atoms with Gasteiger partial charge in [0.15, 0.2) is 69.0 Å².